The van der Waals surface area contributed by atoms with Crippen molar-refractivity contribution < 1.29 is 27.5 Å². The van der Waals surface area contributed by atoms with Gasteiger partial charge in [-0.3, -0.25) is 9.59 Å². The molecule has 0 unspecified atom stereocenters. The molecule has 106 valence electrons. The first-order chi connectivity index (χ1) is 8.37. The molecular formula is C10H19NO6S. The second kappa shape index (κ2) is 8.04. The van der Waals surface area contributed by atoms with Gasteiger partial charge >= 0.3 is 11.9 Å². The molecule has 0 atom stereocenters. The third-order valence-corrected chi connectivity index (χ3v) is 3.70. The van der Waals surface area contributed by atoms with Crippen LogP contribution in [-0.4, -0.2) is 57.2 Å². The van der Waals surface area contributed by atoms with Gasteiger partial charge in [-0.2, -0.15) is 4.31 Å². The Morgan fingerprint density at radius 2 is 1.78 bits per heavy atom. The number of hydrogen-bond donors (Lipinski definition) is 0. The molecule has 0 heterocycles. The van der Waals surface area contributed by atoms with Crippen molar-refractivity contribution in [3.05, 3.63) is 0 Å². The first kappa shape index (κ1) is 16.9. The van der Waals surface area contributed by atoms with Gasteiger partial charge in [-0.05, 0) is 13.3 Å². The van der Waals surface area contributed by atoms with Gasteiger partial charge in [0.2, 0.25) is 10.0 Å². The lowest BCUT2D eigenvalue weighted by Crippen LogP contribution is -2.40. The number of carbonyl (C=O) groups excluding carboxylic acids is 2. The zero-order valence-corrected chi connectivity index (χ0v) is 11.7. The number of carbonyl (C=O) groups is 2. The van der Waals surface area contributed by atoms with Crippen LogP contribution in [0.3, 0.4) is 0 Å². The van der Waals surface area contributed by atoms with E-state index in [1.54, 1.807) is 13.8 Å². The van der Waals surface area contributed by atoms with E-state index in [9.17, 15) is 18.0 Å². The number of sulfonamides is 1. The summed E-state index contributed by atoms with van der Waals surface area (Å²) in [6.45, 7) is 3.22. The molecule has 0 aliphatic rings. The molecule has 0 aliphatic carbocycles. The van der Waals surface area contributed by atoms with Crippen LogP contribution < -0.4 is 0 Å². The summed E-state index contributed by atoms with van der Waals surface area (Å²) in [6, 6.07) is 0. The molecule has 0 aromatic rings. The molecule has 0 saturated carbocycles. The molecule has 18 heavy (non-hydrogen) atoms. The van der Waals surface area contributed by atoms with Gasteiger partial charge in [0, 0.05) is 6.54 Å². The summed E-state index contributed by atoms with van der Waals surface area (Å²) in [4.78, 5) is 22.3. The van der Waals surface area contributed by atoms with Gasteiger partial charge in [-0.15, -0.1) is 0 Å². The minimum absolute atomic E-state index is 0.110. The second-order valence-electron chi connectivity index (χ2n) is 3.47. The minimum atomic E-state index is -3.85. The Labute approximate surface area is 107 Å². The predicted octanol–water partition coefficient (Wildman–Crippen LogP) is -0.236. The Bertz CT molecular complexity index is 378. The summed E-state index contributed by atoms with van der Waals surface area (Å²) < 4.78 is 33.7. The number of hydrogen-bond acceptors (Lipinski definition) is 6. The van der Waals surface area contributed by atoms with Crippen LogP contribution in [0.1, 0.15) is 20.3 Å². The van der Waals surface area contributed by atoms with Crippen LogP contribution in [0.4, 0.5) is 0 Å². The van der Waals surface area contributed by atoms with Crippen LogP contribution in [0.25, 0.3) is 0 Å². The van der Waals surface area contributed by atoms with Crippen LogP contribution >= 0.6 is 0 Å². The Morgan fingerprint density at radius 1 is 1.17 bits per heavy atom. The maximum Gasteiger partial charge on any atom is 0.322 e. The Hall–Kier alpha value is -1.15. The number of rotatable bonds is 8. The van der Waals surface area contributed by atoms with Crippen LogP contribution in [0.2, 0.25) is 0 Å². The van der Waals surface area contributed by atoms with Gasteiger partial charge in [0.1, 0.15) is 6.54 Å². The molecule has 0 aliphatic heterocycles. The normalized spacial score (nSPS) is 11.3. The molecule has 0 spiro atoms. The molecule has 0 bridgehead atoms. The average Bonchev–Trinajstić information content (AvgIpc) is 2.27. The fourth-order valence-corrected chi connectivity index (χ4v) is 2.54. The third kappa shape index (κ3) is 5.97. The molecule has 0 radical (unpaired) electrons. The van der Waals surface area contributed by atoms with E-state index in [4.69, 9.17) is 0 Å². The van der Waals surface area contributed by atoms with Gasteiger partial charge in [-0.1, -0.05) is 6.92 Å². The van der Waals surface area contributed by atoms with Crippen molar-refractivity contribution in [1.82, 2.24) is 4.31 Å². The number of esters is 2. The molecule has 0 aromatic carbocycles. The van der Waals surface area contributed by atoms with Crippen molar-refractivity contribution >= 4 is 22.0 Å². The Kier molecular flexibility index (Phi) is 7.53. The fourth-order valence-electron chi connectivity index (χ4n) is 1.22. The van der Waals surface area contributed by atoms with E-state index in [0.29, 0.717) is 6.42 Å². The third-order valence-electron chi connectivity index (χ3n) is 2.01. The van der Waals surface area contributed by atoms with E-state index in [0.717, 1.165) is 4.31 Å². The van der Waals surface area contributed by atoms with Gasteiger partial charge in [-0.25, -0.2) is 8.42 Å². The lowest BCUT2D eigenvalue weighted by atomic mass is 10.5. The second-order valence-corrected chi connectivity index (χ2v) is 5.44. The first-order valence-corrected chi connectivity index (χ1v) is 7.18. The molecule has 0 fully saturated rings. The smallest absolute Gasteiger partial charge is 0.322 e. The summed E-state index contributed by atoms with van der Waals surface area (Å²) in [5.74, 6) is -2.27. The minimum Gasteiger partial charge on any atom is -0.468 e. The highest BCUT2D eigenvalue weighted by Gasteiger charge is 2.27. The topological polar surface area (TPSA) is 90.0 Å². The predicted molar refractivity (Wildman–Crippen MR) is 64.3 cm³/mol. The lowest BCUT2D eigenvalue weighted by molar-refractivity contribution is -0.142. The molecule has 0 rings (SSSR count). The summed E-state index contributed by atoms with van der Waals surface area (Å²) in [5.41, 5.74) is 0. The maximum atomic E-state index is 11.9. The monoisotopic (exact) mass is 281 g/mol. The van der Waals surface area contributed by atoms with Crippen molar-refractivity contribution in [1.29, 1.82) is 0 Å². The molecule has 0 saturated heterocycles. The van der Waals surface area contributed by atoms with Crippen molar-refractivity contribution in [3.8, 4) is 0 Å². The standard InChI is InChI=1S/C10H19NO6S/c1-4-6-11(7-9(12)16-3)18(14,15)8-10(13)17-5-2/h4-8H2,1-3H3. The zero-order chi connectivity index (χ0) is 14.2. The van der Waals surface area contributed by atoms with Crippen molar-refractivity contribution in [2.45, 2.75) is 20.3 Å². The summed E-state index contributed by atoms with van der Waals surface area (Å²) in [7, 11) is -2.68. The maximum absolute atomic E-state index is 11.9. The van der Waals surface area contributed by atoms with Crippen molar-refractivity contribution in [2.75, 3.05) is 32.6 Å². The van der Waals surface area contributed by atoms with Crippen molar-refractivity contribution in [3.63, 3.8) is 0 Å². The van der Waals surface area contributed by atoms with Gasteiger partial charge < -0.3 is 9.47 Å². The summed E-state index contributed by atoms with van der Waals surface area (Å²) >= 11 is 0. The van der Waals surface area contributed by atoms with E-state index in [1.807, 2.05) is 0 Å². The van der Waals surface area contributed by atoms with E-state index >= 15 is 0 Å². The van der Waals surface area contributed by atoms with Gasteiger partial charge in [0.25, 0.3) is 0 Å². The molecule has 0 N–H and O–H groups in total. The fraction of sp³-hybridized carbons (Fsp3) is 0.800. The zero-order valence-electron chi connectivity index (χ0n) is 10.8. The van der Waals surface area contributed by atoms with Gasteiger partial charge in [0.05, 0.1) is 13.7 Å². The van der Waals surface area contributed by atoms with Crippen LogP contribution in [-0.2, 0) is 29.1 Å². The van der Waals surface area contributed by atoms with Crippen molar-refractivity contribution in [2.24, 2.45) is 0 Å². The van der Waals surface area contributed by atoms with E-state index in [1.165, 1.54) is 7.11 Å². The van der Waals surface area contributed by atoms with Crippen LogP contribution in [0, 0.1) is 0 Å². The molecule has 7 nitrogen and oxygen atoms in total. The lowest BCUT2D eigenvalue weighted by Gasteiger charge is -2.19. The highest BCUT2D eigenvalue weighted by molar-refractivity contribution is 7.89. The number of methoxy groups -OCH3 is 1. The first-order valence-electron chi connectivity index (χ1n) is 5.57. The molecule has 8 heteroatoms. The number of ether oxygens (including phenoxy) is 2. The van der Waals surface area contributed by atoms with E-state index in [2.05, 4.69) is 9.47 Å². The molecule has 0 amide bonds. The quantitative estimate of drug-likeness (QED) is 0.571. The average molecular weight is 281 g/mol. The number of nitrogens with zero attached hydrogens (tertiary/aromatic N) is 1. The van der Waals surface area contributed by atoms with Crippen LogP contribution in [0.15, 0.2) is 0 Å². The SMILES string of the molecule is CCCN(CC(=O)OC)S(=O)(=O)CC(=O)OCC. The summed E-state index contributed by atoms with van der Waals surface area (Å²) in [5, 5.41) is 0. The van der Waals surface area contributed by atoms with Crippen LogP contribution in [0.5, 0.6) is 0 Å². The highest BCUT2D eigenvalue weighted by atomic mass is 32.2. The Morgan fingerprint density at radius 3 is 2.22 bits per heavy atom. The van der Waals surface area contributed by atoms with E-state index < -0.39 is 34.3 Å². The summed E-state index contributed by atoms with van der Waals surface area (Å²) in [6.07, 6.45) is 0.527. The Balaban J connectivity index is 4.75. The largest absolute Gasteiger partial charge is 0.468 e. The highest BCUT2D eigenvalue weighted by Crippen LogP contribution is 2.04. The molecular weight excluding hydrogens is 262 g/mol. The van der Waals surface area contributed by atoms with Gasteiger partial charge in [0.15, 0.2) is 5.75 Å². The van der Waals surface area contributed by atoms with E-state index in [-0.39, 0.29) is 13.2 Å². The molecule has 0 aromatic heterocycles.